The van der Waals surface area contributed by atoms with Gasteiger partial charge in [-0.3, -0.25) is 15.0 Å². The topological polar surface area (TPSA) is 193 Å². The van der Waals surface area contributed by atoms with Crippen LogP contribution in [0.4, 0.5) is 0 Å². The van der Waals surface area contributed by atoms with Crippen LogP contribution in [0, 0.1) is 33.5 Å². The summed E-state index contributed by atoms with van der Waals surface area (Å²) in [5.74, 6) is -0.724. The summed E-state index contributed by atoms with van der Waals surface area (Å²) in [7, 11) is 0. The summed E-state index contributed by atoms with van der Waals surface area (Å²) in [6.45, 7) is 8.02. The smallest absolute Gasteiger partial charge is 0.313 e. The highest BCUT2D eigenvalue weighted by Gasteiger charge is 2.58. The van der Waals surface area contributed by atoms with Crippen LogP contribution in [0.3, 0.4) is 0 Å². The maximum atomic E-state index is 13.2. The first-order valence-electron chi connectivity index (χ1n) is 13.5. The maximum Gasteiger partial charge on any atom is 0.313 e. The number of aliphatic imine (C=N–C) groups is 1. The Morgan fingerprint density at radius 3 is 2.50 bits per heavy atom. The lowest BCUT2D eigenvalue weighted by Crippen LogP contribution is -2.43. The quantitative estimate of drug-likeness (QED) is 0.144. The number of nitrogens with two attached hydrogens (primary N) is 1. The highest BCUT2D eigenvalue weighted by atomic mass is 16.7. The molecule has 1 saturated carbocycles. The zero-order chi connectivity index (χ0) is 29.7. The van der Waals surface area contributed by atoms with Crippen molar-refractivity contribution in [1.29, 1.82) is 10.7 Å². The number of rotatable bonds is 10. The first-order chi connectivity index (χ1) is 18.8. The van der Waals surface area contributed by atoms with Crippen molar-refractivity contribution < 1.29 is 33.6 Å². The van der Waals surface area contributed by atoms with Crippen molar-refractivity contribution in [3.05, 3.63) is 23.5 Å². The molecule has 0 aromatic carbocycles. The summed E-state index contributed by atoms with van der Waals surface area (Å²) in [6.07, 6.45) is 2.16. The number of esters is 2. The molecule has 1 saturated heterocycles. The van der Waals surface area contributed by atoms with Crippen molar-refractivity contribution in [3.8, 4) is 6.07 Å². The Balaban J connectivity index is 1.83. The summed E-state index contributed by atoms with van der Waals surface area (Å²) >= 11 is 0. The van der Waals surface area contributed by atoms with Gasteiger partial charge in [0.15, 0.2) is 6.79 Å². The number of carbonyl (C=O) groups is 2. The number of ether oxygens (including phenoxy) is 4. The van der Waals surface area contributed by atoms with Crippen LogP contribution in [0.15, 0.2) is 17.1 Å². The molecule has 2 aliphatic rings. The van der Waals surface area contributed by atoms with Crippen LogP contribution in [0.1, 0.15) is 78.1 Å². The predicted octanol–water partition coefficient (Wildman–Crippen LogP) is 2.89. The zero-order valence-corrected chi connectivity index (χ0v) is 23.9. The molecule has 40 heavy (non-hydrogen) atoms. The average molecular weight is 560 g/mol. The molecule has 2 heterocycles. The van der Waals surface area contributed by atoms with Crippen molar-refractivity contribution in [2.45, 2.75) is 90.6 Å². The summed E-state index contributed by atoms with van der Waals surface area (Å²) in [6, 6.07) is 5.06. The highest BCUT2D eigenvalue weighted by Crippen LogP contribution is 2.42. The number of aliphatic hydroxyl groups excluding tert-OH is 1. The molecule has 0 unspecified atom stereocenters. The minimum absolute atomic E-state index is 0.000793. The normalized spacial score (nSPS) is 26.2. The van der Waals surface area contributed by atoms with Gasteiger partial charge in [0.1, 0.15) is 43.2 Å². The van der Waals surface area contributed by atoms with E-state index in [4.69, 9.17) is 30.1 Å². The van der Waals surface area contributed by atoms with Gasteiger partial charge in [0, 0.05) is 0 Å². The van der Waals surface area contributed by atoms with E-state index in [1.807, 2.05) is 19.9 Å². The van der Waals surface area contributed by atoms with Gasteiger partial charge >= 0.3 is 11.9 Å². The van der Waals surface area contributed by atoms with Crippen molar-refractivity contribution in [1.82, 2.24) is 4.98 Å². The monoisotopic (exact) mass is 559 g/mol. The second kappa shape index (κ2) is 12.5. The molecule has 0 amide bonds. The number of nitriles is 1. The Hall–Kier alpha value is -3.27. The van der Waals surface area contributed by atoms with Crippen LogP contribution in [0.2, 0.25) is 0 Å². The van der Waals surface area contributed by atoms with Crippen molar-refractivity contribution in [2.24, 2.45) is 27.5 Å². The molecule has 1 aliphatic heterocycles. The molecule has 3 rings (SSSR count). The van der Waals surface area contributed by atoms with E-state index in [0.717, 1.165) is 38.4 Å². The number of aromatic amines is 1. The molecule has 1 aromatic rings. The van der Waals surface area contributed by atoms with E-state index in [1.54, 1.807) is 20.8 Å². The molecule has 0 spiro atoms. The minimum atomic E-state index is -1.95. The van der Waals surface area contributed by atoms with E-state index in [0.29, 0.717) is 5.69 Å². The fourth-order valence-electron chi connectivity index (χ4n) is 5.13. The van der Waals surface area contributed by atoms with Crippen LogP contribution >= 0.6 is 0 Å². The number of nitrogens with zero attached hydrogens (tertiary/aromatic N) is 2. The first kappa shape index (κ1) is 31.3. The molecular weight excluding hydrogens is 518 g/mol. The molecule has 12 nitrogen and oxygen atoms in total. The summed E-state index contributed by atoms with van der Waals surface area (Å²) in [4.78, 5) is 32.1. The largest absolute Gasteiger partial charge is 0.462 e. The average Bonchev–Trinajstić information content (AvgIpc) is 3.51. The third-order valence-corrected chi connectivity index (χ3v) is 7.76. The van der Waals surface area contributed by atoms with Crippen LogP contribution < -0.4 is 5.73 Å². The van der Waals surface area contributed by atoms with Gasteiger partial charge in [0.2, 0.25) is 5.60 Å². The van der Waals surface area contributed by atoms with Gasteiger partial charge in [-0.25, -0.2) is 4.99 Å². The molecule has 0 bridgehead atoms. The zero-order valence-electron chi connectivity index (χ0n) is 23.9. The number of amidine groups is 1. The lowest BCUT2D eigenvalue weighted by molar-refractivity contribution is -0.179. The lowest BCUT2D eigenvalue weighted by atomic mass is 9.71. The molecular formula is C28H41N5O7. The molecule has 4 atom stereocenters. The van der Waals surface area contributed by atoms with Crippen LogP contribution in [-0.4, -0.2) is 65.9 Å². The predicted molar refractivity (Wildman–Crippen MR) is 145 cm³/mol. The molecule has 5 N–H and O–H groups in total. The number of carbonyl (C=O) groups excluding carboxylic acids is 2. The second-order valence-corrected chi connectivity index (χ2v) is 12.0. The van der Waals surface area contributed by atoms with Gasteiger partial charge in [0.05, 0.1) is 22.2 Å². The van der Waals surface area contributed by atoms with Gasteiger partial charge in [-0.2, -0.15) is 5.26 Å². The summed E-state index contributed by atoms with van der Waals surface area (Å²) in [5, 5.41) is 28.7. The maximum absolute atomic E-state index is 13.2. The fourth-order valence-corrected chi connectivity index (χ4v) is 5.13. The van der Waals surface area contributed by atoms with Crippen LogP contribution in [-0.2, 0) is 34.1 Å². The minimum Gasteiger partial charge on any atom is -0.462 e. The fraction of sp³-hybridized carbons (Fsp3) is 0.679. The number of aliphatic hydroxyl groups is 1. The van der Waals surface area contributed by atoms with E-state index < -0.39 is 53.5 Å². The van der Waals surface area contributed by atoms with E-state index in [2.05, 4.69) is 9.98 Å². The van der Waals surface area contributed by atoms with Crippen molar-refractivity contribution in [3.63, 3.8) is 0 Å². The number of H-pyrrole nitrogens is 1. The SMILES string of the molecule is CC(C)(C)C(=O)OCO[C@H]1[C@@H](O)[C@](C#N)(c2ccc(C(N)=NC=N)[nH]2)O[C@@H]1COC(=O)C(C)(C)C1CCCCC1. The number of nitrogens with one attached hydrogen (secondary N) is 2. The van der Waals surface area contributed by atoms with E-state index >= 15 is 0 Å². The first-order valence-corrected chi connectivity index (χ1v) is 13.5. The Labute approximate surface area is 234 Å². The lowest BCUT2D eigenvalue weighted by Gasteiger charge is -2.35. The third kappa shape index (κ3) is 6.54. The third-order valence-electron chi connectivity index (χ3n) is 7.76. The molecule has 1 aromatic heterocycles. The molecule has 12 heteroatoms. The Kier molecular flexibility index (Phi) is 9.76. The summed E-state index contributed by atoms with van der Waals surface area (Å²) < 4.78 is 22.8. The van der Waals surface area contributed by atoms with E-state index in [-0.39, 0.29) is 24.1 Å². The Morgan fingerprint density at radius 2 is 1.90 bits per heavy atom. The van der Waals surface area contributed by atoms with Crippen molar-refractivity contribution in [2.75, 3.05) is 13.4 Å². The highest BCUT2D eigenvalue weighted by molar-refractivity contribution is 5.99. The standard InChI is InChI=1S/C28H41N5O7/c1-26(2,3)24(35)39-16-38-21-19(13-37-25(36)27(4,5)17-9-7-6-8-10-17)40-28(14-29,22(21)34)20-12-11-18(33-20)23(31)32-15-30/h11-12,15,17,19,21-22,33-34H,6-10,13,16H2,1-5H3,(H3,30,31,32)/t19-,21-,22-,28+/m1/s1. The number of hydrogen-bond acceptors (Lipinski definition) is 9. The van der Waals surface area contributed by atoms with E-state index in [1.165, 1.54) is 12.1 Å². The van der Waals surface area contributed by atoms with Gasteiger partial charge in [-0.05, 0) is 65.5 Å². The molecule has 0 radical (unpaired) electrons. The van der Waals surface area contributed by atoms with Gasteiger partial charge in [0.25, 0.3) is 0 Å². The molecule has 1 aliphatic carbocycles. The molecule has 220 valence electrons. The van der Waals surface area contributed by atoms with Crippen molar-refractivity contribution >= 4 is 24.1 Å². The Morgan fingerprint density at radius 1 is 1.23 bits per heavy atom. The molecule has 2 fully saturated rings. The summed E-state index contributed by atoms with van der Waals surface area (Å²) in [5.41, 5.74) is 2.89. The van der Waals surface area contributed by atoms with Crippen LogP contribution in [0.25, 0.3) is 0 Å². The van der Waals surface area contributed by atoms with Gasteiger partial charge in [-0.15, -0.1) is 0 Å². The van der Waals surface area contributed by atoms with E-state index in [9.17, 15) is 20.0 Å². The van der Waals surface area contributed by atoms with Gasteiger partial charge < -0.3 is 34.8 Å². The van der Waals surface area contributed by atoms with Crippen LogP contribution in [0.5, 0.6) is 0 Å². The van der Waals surface area contributed by atoms with Gasteiger partial charge in [-0.1, -0.05) is 19.3 Å². The number of hydrogen-bond donors (Lipinski definition) is 4. The Bertz CT molecular complexity index is 1140. The number of aromatic nitrogens is 1. The second-order valence-electron chi connectivity index (χ2n) is 12.0.